The minimum Gasteiger partial charge on any atom is -0.467 e. The van der Waals surface area contributed by atoms with Crippen LogP contribution < -0.4 is 5.32 Å². The van der Waals surface area contributed by atoms with Gasteiger partial charge in [-0.15, -0.1) is 11.8 Å². The molecule has 1 aliphatic heterocycles. The number of nitrogens with one attached hydrogen (secondary N) is 1. The molecule has 0 bridgehead atoms. The Morgan fingerprint density at radius 1 is 1.52 bits per heavy atom. The minimum atomic E-state index is -0.685. The molecule has 0 radical (unpaired) electrons. The molecular formula is C14H24N2O4S. The van der Waals surface area contributed by atoms with E-state index in [1.165, 1.54) is 12.0 Å². The van der Waals surface area contributed by atoms with Gasteiger partial charge in [0.1, 0.15) is 12.1 Å². The van der Waals surface area contributed by atoms with Gasteiger partial charge in [-0.05, 0) is 19.8 Å². The molecule has 1 fully saturated rings. The van der Waals surface area contributed by atoms with Crippen LogP contribution in [0.2, 0.25) is 0 Å². The molecular weight excluding hydrogens is 292 g/mol. The highest BCUT2D eigenvalue weighted by molar-refractivity contribution is 8.00. The third-order valence-corrected chi connectivity index (χ3v) is 5.33. The molecule has 1 heterocycles. The Morgan fingerprint density at radius 2 is 2.14 bits per heavy atom. The maximum Gasteiger partial charge on any atom is 0.328 e. The monoisotopic (exact) mass is 316 g/mol. The summed E-state index contributed by atoms with van der Waals surface area (Å²) in [7, 11) is 1.30. The number of methoxy groups -OCH3 is 1. The van der Waals surface area contributed by atoms with E-state index in [2.05, 4.69) is 5.32 Å². The lowest BCUT2D eigenvalue weighted by Crippen LogP contribution is -2.54. The molecule has 1 N–H and O–H groups in total. The van der Waals surface area contributed by atoms with Crippen molar-refractivity contribution in [2.45, 2.75) is 51.1 Å². The normalized spacial score (nSPS) is 23.3. The Morgan fingerprint density at radius 3 is 2.62 bits per heavy atom. The van der Waals surface area contributed by atoms with Gasteiger partial charge in [0.05, 0.1) is 12.0 Å². The molecule has 0 aromatic rings. The summed E-state index contributed by atoms with van der Waals surface area (Å²) in [4.78, 5) is 36.6. The SMILES string of the molecule is CC[C@@H](C)[C@@H](NC(=O)[C@@H]1CSC(C)(C)N1C=O)C(=O)OC. The van der Waals surface area contributed by atoms with Crippen LogP contribution in [-0.4, -0.2) is 53.0 Å². The maximum absolute atomic E-state index is 12.4. The van der Waals surface area contributed by atoms with E-state index in [0.717, 1.165) is 6.42 Å². The average molecular weight is 316 g/mol. The minimum absolute atomic E-state index is 0.0341. The first-order valence-electron chi connectivity index (χ1n) is 7.04. The molecule has 1 saturated heterocycles. The van der Waals surface area contributed by atoms with Gasteiger partial charge in [0.2, 0.25) is 12.3 Å². The molecule has 2 amide bonds. The molecule has 0 spiro atoms. The van der Waals surface area contributed by atoms with Gasteiger partial charge >= 0.3 is 5.97 Å². The van der Waals surface area contributed by atoms with Gasteiger partial charge in [-0.25, -0.2) is 4.79 Å². The zero-order valence-corrected chi connectivity index (χ0v) is 14.0. The number of esters is 1. The number of ether oxygens (including phenoxy) is 1. The first kappa shape index (κ1) is 17.8. The van der Waals surface area contributed by atoms with Crippen LogP contribution in [0.15, 0.2) is 0 Å². The Balaban J connectivity index is 2.83. The second-order valence-corrected chi connectivity index (χ2v) is 7.30. The summed E-state index contributed by atoms with van der Waals surface area (Å²) in [6, 6.07) is -1.24. The van der Waals surface area contributed by atoms with Crippen molar-refractivity contribution in [1.82, 2.24) is 10.2 Å². The number of thioether (sulfide) groups is 1. The Bertz CT molecular complexity index is 414. The number of rotatable bonds is 6. The van der Waals surface area contributed by atoms with Gasteiger partial charge in [0.15, 0.2) is 0 Å². The van der Waals surface area contributed by atoms with Crippen molar-refractivity contribution in [2.24, 2.45) is 5.92 Å². The lowest BCUT2D eigenvalue weighted by Gasteiger charge is -2.31. The highest BCUT2D eigenvalue weighted by atomic mass is 32.2. The topological polar surface area (TPSA) is 75.7 Å². The molecule has 1 rings (SSSR count). The maximum atomic E-state index is 12.4. The molecule has 0 aromatic heterocycles. The number of amides is 2. The van der Waals surface area contributed by atoms with Crippen LogP contribution in [0.4, 0.5) is 0 Å². The van der Waals surface area contributed by atoms with Crippen LogP contribution in [0.5, 0.6) is 0 Å². The van der Waals surface area contributed by atoms with Gasteiger partial charge in [0, 0.05) is 5.75 Å². The number of hydrogen-bond donors (Lipinski definition) is 1. The summed E-state index contributed by atoms with van der Waals surface area (Å²) in [6.45, 7) is 7.61. The standard InChI is InChI=1S/C14H24N2O4S/c1-6-9(2)11(13(19)20-5)15-12(18)10-7-21-14(3,4)16(10)8-17/h8-11H,6-7H2,1-5H3,(H,15,18)/t9-,10+,11-/m1/s1. The zero-order valence-electron chi connectivity index (χ0n) is 13.2. The Labute approximate surface area is 130 Å². The molecule has 3 atom stereocenters. The highest BCUT2D eigenvalue weighted by Gasteiger charge is 2.44. The molecule has 120 valence electrons. The van der Waals surface area contributed by atoms with Gasteiger partial charge in [-0.1, -0.05) is 20.3 Å². The van der Waals surface area contributed by atoms with E-state index in [4.69, 9.17) is 4.74 Å². The average Bonchev–Trinajstić information content (AvgIpc) is 2.77. The summed E-state index contributed by atoms with van der Waals surface area (Å²) >= 11 is 1.54. The molecule has 21 heavy (non-hydrogen) atoms. The van der Waals surface area contributed by atoms with Crippen molar-refractivity contribution >= 4 is 30.0 Å². The fourth-order valence-electron chi connectivity index (χ4n) is 2.26. The number of hydrogen-bond acceptors (Lipinski definition) is 5. The van der Waals surface area contributed by atoms with E-state index in [1.54, 1.807) is 11.8 Å². The zero-order chi connectivity index (χ0) is 16.2. The van der Waals surface area contributed by atoms with Crippen molar-refractivity contribution in [2.75, 3.05) is 12.9 Å². The van der Waals surface area contributed by atoms with Crippen molar-refractivity contribution in [3.05, 3.63) is 0 Å². The molecule has 0 unspecified atom stereocenters. The largest absolute Gasteiger partial charge is 0.467 e. The van der Waals surface area contributed by atoms with Crippen LogP contribution in [0, 0.1) is 5.92 Å². The van der Waals surface area contributed by atoms with Crippen LogP contribution in [0.1, 0.15) is 34.1 Å². The van der Waals surface area contributed by atoms with E-state index in [9.17, 15) is 14.4 Å². The molecule has 0 aliphatic carbocycles. The second-order valence-electron chi connectivity index (χ2n) is 5.68. The highest BCUT2D eigenvalue weighted by Crippen LogP contribution is 2.37. The van der Waals surface area contributed by atoms with Crippen molar-refractivity contribution in [3.63, 3.8) is 0 Å². The van der Waals surface area contributed by atoms with Gasteiger partial charge < -0.3 is 15.0 Å². The van der Waals surface area contributed by atoms with Crippen molar-refractivity contribution in [3.8, 4) is 0 Å². The molecule has 0 aromatic carbocycles. The molecule has 1 aliphatic rings. The molecule has 6 nitrogen and oxygen atoms in total. The van der Waals surface area contributed by atoms with Gasteiger partial charge in [0.25, 0.3) is 0 Å². The van der Waals surface area contributed by atoms with E-state index >= 15 is 0 Å². The predicted molar refractivity (Wildman–Crippen MR) is 81.6 cm³/mol. The first-order chi connectivity index (χ1) is 9.78. The van der Waals surface area contributed by atoms with Gasteiger partial charge in [-0.3, -0.25) is 9.59 Å². The van der Waals surface area contributed by atoms with Crippen LogP contribution in [0.25, 0.3) is 0 Å². The van der Waals surface area contributed by atoms with Gasteiger partial charge in [-0.2, -0.15) is 0 Å². The quantitative estimate of drug-likeness (QED) is 0.584. The summed E-state index contributed by atoms with van der Waals surface area (Å²) < 4.78 is 4.75. The van der Waals surface area contributed by atoms with Crippen LogP contribution in [-0.2, 0) is 19.1 Å². The summed E-state index contributed by atoms with van der Waals surface area (Å²) in [5.41, 5.74) is 0. The lowest BCUT2D eigenvalue weighted by molar-refractivity contribution is -0.147. The number of nitrogens with zero attached hydrogens (tertiary/aromatic N) is 1. The number of carbonyl (C=O) groups is 3. The molecule has 0 saturated carbocycles. The fourth-order valence-corrected chi connectivity index (χ4v) is 3.46. The summed E-state index contributed by atoms with van der Waals surface area (Å²) in [5, 5.41) is 2.74. The second kappa shape index (κ2) is 7.15. The van der Waals surface area contributed by atoms with E-state index < -0.39 is 22.9 Å². The Kier molecular flexibility index (Phi) is 6.07. The van der Waals surface area contributed by atoms with Crippen LogP contribution >= 0.6 is 11.8 Å². The number of carbonyl (C=O) groups excluding carboxylic acids is 3. The third-order valence-electron chi connectivity index (χ3n) is 3.93. The summed E-state index contributed by atoms with van der Waals surface area (Å²) in [6.07, 6.45) is 1.43. The van der Waals surface area contributed by atoms with Crippen molar-refractivity contribution < 1.29 is 19.1 Å². The Hall–Kier alpha value is -1.24. The van der Waals surface area contributed by atoms with E-state index in [1.807, 2.05) is 27.7 Å². The molecule has 7 heteroatoms. The lowest BCUT2D eigenvalue weighted by atomic mass is 9.99. The van der Waals surface area contributed by atoms with E-state index in [0.29, 0.717) is 12.2 Å². The predicted octanol–water partition coefficient (Wildman–Crippen LogP) is 1.00. The van der Waals surface area contributed by atoms with E-state index in [-0.39, 0.29) is 11.8 Å². The fraction of sp³-hybridized carbons (Fsp3) is 0.786. The summed E-state index contributed by atoms with van der Waals surface area (Å²) in [5.74, 6) is -0.282. The third kappa shape index (κ3) is 3.90. The van der Waals surface area contributed by atoms with Crippen LogP contribution in [0.3, 0.4) is 0 Å². The smallest absolute Gasteiger partial charge is 0.328 e. The first-order valence-corrected chi connectivity index (χ1v) is 8.03. The van der Waals surface area contributed by atoms with Crippen molar-refractivity contribution in [1.29, 1.82) is 0 Å².